The van der Waals surface area contributed by atoms with Gasteiger partial charge in [0, 0.05) is 22.4 Å². The lowest BCUT2D eigenvalue weighted by molar-refractivity contribution is 0.101. The monoisotopic (exact) mass is 411 g/mol. The van der Waals surface area contributed by atoms with Gasteiger partial charge in [-0.2, -0.15) is 10.1 Å². The summed E-state index contributed by atoms with van der Waals surface area (Å²) in [5, 5.41) is 11.3. The molecule has 26 heavy (non-hydrogen) atoms. The van der Waals surface area contributed by atoms with Crippen LogP contribution in [0.3, 0.4) is 0 Å². The Bertz CT molecular complexity index is 1100. The lowest BCUT2D eigenvalue weighted by atomic mass is 10.2. The summed E-state index contributed by atoms with van der Waals surface area (Å²) in [5.41, 5.74) is 1.90. The van der Waals surface area contributed by atoms with Crippen molar-refractivity contribution < 1.29 is 4.79 Å². The van der Waals surface area contributed by atoms with E-state index in [0.717, 1.165) is 15.7 Å². The molecule has 0 aliphatic carbocycles. The van der Waals surface area contributed by atoms with Crippen LogP contribution in [0.5, 0.6) is 0 Å². The molecule has 9 heteroatoms. The number of fused-ring (bicyclic) bond motifs is 1. The topological polar surface area (TPSA) is 90.0 Å². The third-order valence-electron chi connectivity index (χ3n) is 3.87. The van der Waals surface area contributed by atoms with Crippen molar-refractivity contribution in [3.05, 3.63) is 70.3 Å². The normalized spacial score (nSPS) is 11.0. The zero-order valence-electron chi connectivity index (χ0n) is 13.8. The molecular weight excluding hydrogens is 398 g/mol. The second-order valence-corrected chi connectivity index (χ2v) is 6.51. The smallest absolute Gasteiger partial charge is 0.296 e. The molecule has 0 spiro atoms. The zero-order chi connectivity index (χ0) is 18.1. The zero-order valence-corrected chi connectivity index (χ0v) is 15.4. The van der Waals surface area contributed by atoms with Gasteiger partial charge in [-0.15, -0.1) is 5.10 Å². The standard InChI is InChI=1S/C17H14BrN7O/c1-11-6-8-19-17-22-15(23-25(11)17)16(26)21-14-7-9-20-24(14)10-12-4-2-3-5-13(12)18/h2-9H,10H2,1H3,(H,21,26). The Hall–Kier alpha value is -3.07. The quantitative estimate of drug-likeness (QED) is 0.557. The molecule has 8 nitrogen and oxygen atoms in total. The van der Waals surface area contributed by atoms with Crippen LogP contribution in [0.2, 0.25) is 0 Å². The van der Waals surface area contributed by atoms with E-state index in [1.165, 1.54) is 4.52 Å². The molecule has 3 heterocycles. The summed E-state index contributed by atoms with van der Waals surface area (Å²) in [6, 6.07) is 11.4. The second-order valence-electron chi connectivity index (χ2n) is 5.65. The van der Waals surface area contributed by atoms with Gasteiger partial charge in [-0.3, -0.25) is 4.79 Å². The predicted octanol–water partition coefficient (Wildman–Crippen LogP) is 2.69. The van der Waals surface area contributed by atoms with Gasteiger partial charge in [-0.1, -0.05) is 34.1 Å². The number of rotatable bonds is 4. The van der Waals surface area contributed by atoms with Gasteiger partial charge in [-0.25, -0.2) is 14.2 Å². The Morgan fingerprint density at radius 2 is 2.04 bits per heavy atom. The number of hydrogen-bond donors (Lipinski definition) is 1. The molecule has 4 rings (SSSR count). The van der Waals surface area contributed by atoms with Crippen LogP contribution in [0.15, 0.2) is 53.3 Å². The number of anilines is 1. The van der Waals surface area contributed by atoms with E-state index in [1.54, 1.807) is 29.2 Å². The van der Waals surface area contributed by atoms with E-state index in [0.29, 0.717) is 18.1 Å². The summed E-state index contributed by atoms with van der Waals surface area (Å²) in [6.07, 6.45) is 3.27. The van der Waals surface area contributed by atoms with Crippen LogP contribution in [0.25, 0.3) is 5.78 Å². The van der Waals surface area contributed by atoms with Crippen molar-refractivity contribution in [2.75, 3.05) is 5.32 Å². The number of carbonyl (C=O) groups excluding carboxylic acids is 1. The van der Waals surface area contributed by atoms with Crippen molar-refractivity contribution in [1.29, 1.82) is 0 Å². The number of amides is 1. The maximum atomic E-state index is 12.5. The SMILES string of the molecule is Cc1ccnc2nc(C(=O)Nc3ccnn3Cc3ccccc3Br)nn12. The summed E-state index contributed by atoms with van der Waals surface area (Å²) in [5.74, 6) is 0.593. The lowest BCUT2D eigenvalue weighted by Crippen LogP contribution is -2.17. The first-order valence-electron chi connectivity index (χ1n) is 7.87. The number of nitrogens with one attached hydrogen (secondary N) is 1. The number of aryl methyl sites for hydroxylation is 1. The first-order valence-corrected chi connectivity index (χ1v) is 8.66. The third kappa shape index (κ3) is 3.08. The fourth-order valence-corrected chi connectivity index (χ4v) is 2.94. The summed E-state index contributed by atoms with van der Waals surface area (Å²) in [6.45, 7) is 2.39. The minimum atomic E-state index is -0.413. The van der Waals surface area contributed by atoms with Crippen LogP contribution >= 0.6 is 15.9 Å². The van der Waals surface area contributed by atoms with Crippen LogP contribution in [0.4, 0.5) is 5.82 Å². The minimum absolute atomic E-state index is 0.0560. The van der Waals surface area contributed by atoms with Gasteiger partial charge >= 0.3 is 0 Å². The van der Waals surface area contributed by atoms with E-state index in [2.05, 4.69) is 41.4 Å². The average molecular weight is 412 g/mol. The molecule has 0 saturated carbocycles. The van der Waals surface area contributed by atoms with E-state index in [1.807, 2.05) is 31.2 Å². The lowest BCUT2D eigenvalue weighted by Gasteiger charge is -2.09. The van der Waals surface area contributed by atoms with E-state index in [4.69, 9.17) is 0 Å². The van der Waals surface area contributed by atoms with Crippen molar-refractivity contribution in [1.82, 2.24) is 29.4 Å². The third-order valence-corrected chi connectivity index (χ3v) is 4.64. The Morgan fingerprint density at radius 3 is 2.85 bits per heavy atom. The number of hydrogen-bond acceptors (Lipinski definition) is 5. The van der Waals surface area contributed by atoms with Gasteiger partial charge < -0.3 is 5.32 Å². The van der Waals surface area contributed by atoms with Gasteiger partial charge in [0.1, 0.15) is 5.82 Å². The molecule has 0 aliphatic rings. The molecule has 1 amide bonds. The van der Waals surface area contributed by atoms with Crippen LogP contribution in [0.1, 0.15) is 21.9 Å². The molecule has 1 aromatic carbocycles. The Balaban J connectivity index is 1.57. The molecular formula is C17H14BrN7O. The van der Waals surface area contributed by atoms with E-state index in [-0.39, 0.29) is 5.82 Å². The van der Waals surface area contributed by atoms with Crippen molar-refractivity contribution >= 4 is 33.4 Å². The summed E-state index contributed by atoms with van der Waals surface area (Å²) in [7, 11) is 0. The van der Waals surface area contributed by atoms with Gasteiger partial charge in [0.15, 0.2) is 0 Å². The molecule has 0 aliphatic heterocycles. The maximum absolute atomic E-state index is 12.5. The van der Waals surface area contributed by atoms with Crippen LogP contribution < -0.4 is 5.32 Å². The molecule has 0 fully saturated rings. The minimum Gasteiger partial charge on any atom is -0.304 e. The van der Waals surface area contributed by atoms with Crippen molar-refractivity contribution in [2.45, 2.75) is 13.5 Å². The molecule has 3 aromatic heterocycles. The summed E-state index contributed by atoms with van der Waals surface area (Å²) < 4.78 is 4.22. The van der Waals surface area contributed by atoms with Crippen LogP contribution in [-0.4, -0.2) is 35.3 Å². The molecule has 0 atom stereocenters. The van der Waals surface area contributed by atoms with Crippen molar-refractivity contribution in [3.8, 4) is 0 Å². The summed E-state index contributed by atoms with van der Waals surface area (Å²) >= 11 is 3.52. The molecule has 4 aromatic rings. The highest BCUT2D eigenvalue weighted by molar-refractivity contribution is 9.10. The molecule has 0 unspecified atom stereocenters. The molecule has 0 radical (unpaired) electrons. The largest absolute Gasteiger partial charge is 0.304 e. The Morgan fingerprint density at radius 1 is 1.19 bits per heavy atom. The molecule has 0 bridgehead atoms. The fourth-order valence-electron chi connectivity index (χ4n) is 2.53. The highest BCUT2D eigenvalue weighted by Gasteiger charge is 2.16. The Labute approximate surface area is 157 Å². The van der Waals surface area contributed by atoms with Crippen LogP contribution in [-0.2, 0) is 6.54 Å². The highest BCUT2D eigenvalue weighted by atomic mass is 79.9. The number of nitrogens with zero attached hydrogens (tertiary/aromatic N) is 6. The van der Waals surface area contributed by atoms with Gasteiger partial charge in [0.05, 0.1) is 12.7 Å². The van der Waals surface area contributed by atoms with Gasteiger partial charge in [-0.05, 0) is 24.6 Å². The highest BCUT2D eigenvalue weighted by Crippen LogP contribution is 2.19. The molecule has 1 N–H and O–H groups in total. The number of carbonyl (C=O) groups is 1. The number of halogens is 1. The number of aromatic nitrogens is 6. The number of benzene rings is 1. The first kappa shape index (κ1) is 16.4. The maximum Gasteiger partial charge on any atom is 0.296 e. The molecule has 130 valence electrons. The Kier molecular flexibility index (Phi) is 4.21. The van der Waals surface area contributed by atoms with Gasteiger partial charge in [0.25, 0.3) is 11.7 Å². The molecule has 0 saturated heterocycles. The average Bonchev–Trinajstić information content (AvgIpc) is 3.25. The van der Waals surface area contributed by atoms with Crippen molar-refractivity contribution in [2.24, 2.45) is 0 Å². The van der Waals surface area contributed by atoms with Gasteiger partial charge in [0.2, 0.25) is 5.82 Å². The van der Waals surface area contributed by atoms with E-state index >= 15 is 0 Å². The predicted molar refractivity (Wildman–Crippen MR) is 98.9 cm³/mol. The first-order chi connectivity index (χ1) is 12.6. The van der Waals surface area contributed by atoms with Crippen LogP contribution in [0, 0.1) is 6.92 Å². The second kappa shape index (κ2) is 6.68. The van der Waals surface area contributed by atoms with Crippen molar-refractivity contribution in [3.63, 3.8) is 0 Å². The van der Waals surface area contributed by atoms with E-state index in [9.17, 15) is 4.79 Å². The fraction of sp³-hybridized carbons (Fsp3) is 0.118. The summed E-state index contributed by atoms with van der Waals surface area (Å²) in [4.78, 5) is 20.8. The van der Waals surface area contributed by atoms with E-state index < -0.39 is 5.91 Å².